The van der Waals surface area contributed by atoms with Crippen LogP contribution in [0.25, 0.3) is 0 Å². The molecule has 0 atom stereocenters. The number of amides is 2. The average Bonchev–Trinajstić information content (AvgIpc) is 2.56. The van der Waals surface area contributed by atoms with E-state index < -0.39 is 5.79 Å². The topological polar surface area (TPSA) is 117 Å². The van der Waals surface area contributed by atoms with E-state index >= 15 is 0 Å². The van der Waals surface area contributed by atoms with Crippen molar-refractivity contribution < 1.29 is 34.1 Å². The van der Waals surface area contributed by atoms with E-state index in [9.17, 15) is 24.6 Å². The molecule has 0 saturated carbocycles. The molecule has 0 aromatic carbocycles. The molecular formula is C16H28N2O7. The maximum Gasteiger partial charge on any atom is 0.248 e. The minimum atomic E-state index is -1.59. The van der Waals surface area contributed by atoms with Gasteiger partial charge in [0.1, 0.15) is 19.0 Å². The van der Waals surface area contributed by atoms with Crippen LogP contribution in [0.4, 0.5) is 0 Å². The number of carbonyl (C=O) groups excluding carboxylic acids is 3. The van der Waals surface area contributed by atoms with Crippen LogP contribution in [-0.4, -0.2) is 97.0 Å². The third-order valence-corrected chi connectivity index (χ3v) is 4.13. The molecule has 9 nitrogen and oxygen atoms in total. The summed E-state index contributed by atoms with van der Waals surface area (Å²) in [5.74, 6) is -1.47. The molecule has 0 bridgehead atoms. The second-order valence-corrected chi connectivity index (χ2v) is 6.15. The van der Waals surface area contributed by atoms with Gasteiger partial charge in [0.25, 0.3) is 0 Å². The number of aliphatic hydroxyl groups is 2. The largest absolute Gasteiger partial charge is 0.375 e. The quantitative estimate of drug-likeness (QED) is 0.602. The van der Waals surface area contributed by atoms with Crippen molar-refractivity contribution in [2.45, 2.75) is 31.5 Å². The van der Waals surface area contributed by atoms with Crippen molar-refractivity contribution in [1.82, 2.24) is 9.80 Å². The molecule has 0 aliphatic carbocycles. The molecule has 2 saturated heterocycles. The summed E-state index contributed by atoms with van der Waals surface area (Å²) in [6, 6.07) is 0. The fourth-order valence-corrected chi connectivity index (χ4v) is 2.55. The van der Waals surface area contributed by atoms with Crippen molar-refractivity contribution in [3.8, 4) is 0 Å². The minimum Gasteiger partial charge on any atom is -0.375 e. The number of hydrogen-bond acceptors (Lipinski definition) is 7. The lowest BCUT2D eigenvalue weighted by Gasteiger charge is -2.34. The zero-order chi connectivity index (χ0) is 18.9. The van der Waals surface area contributed by atoms with Crippen LogP contribution in [-0.2, 0) is 23.9 Å². The van der Waals surface area contributed by atoms with Crippen LogP contribution in [0.5, 0.6) is 0 Å². The highest BCUT2D eigenvalue weighted by molar-refractivity contribution is 5.83. The maximum absolute atomic E-state index is 11.2. The first-order valence-electron chi connectivity index (χ1n) is 8.29. The molecule has 9 heteroatoms. The van der Waals surface area contributed by atoms with E-state index in [1.165, 1.54) is 14.2 Å². The van der Waals surface area contributed by atoms with Gasteiger partial charge in [-0.1, -0.05) is 0 Å². The van der Waals surface area contributed by atoms with Gasteiger partial charge in [-0.3, -0.25) is 14.4 Å². The summed E-state index contributed by atoms with van der Waals surface area (Å²) in [6.07, 6.45) is 1.41. The van der Waals surface area contributed by atoms with Crippen LogP contribution in [0.1, 0.15) is 25.7 Å². The zero-order valence-corrected chi connectivity index (χ0v) is 14.9. The maximum atomic E-state index is 11.2. The minimum absolute atomic E-state index is 0.0231. The number of rotatable bonds is 4. The Morgan fingerprint density at radius 2 is 1.32 bits per heavy atom. The van der Waals surface area contributed by atoms with Gasteiger partial charge in [0.15, 0.2) is 5.79 Å². The summed E-state index contributed by atoms with van der Waals surface area (Å²) in [4.78, 5) is 36.5. The SMILES string of the molecule is COCC(=O)N1CCC(=O)CC1.COCC(=O)N1CCC(O)(O)CC1. The van der Waals surface area contributed by atoms with E-state index in [0.717, 1.165) is 0 Å². The molecule has 0 unspecified atom stereocenters. The molecule has 2 aliphatic rings. The highest BCUT2D eigenvalue weighted by Gasteiger charge is 2.31. The number of ether oxygens (including phenoxy) is 2. The number of nitrogens with zero attached hydrogens (tertiary/aromatic N) is 2. The Bertz CT molecular complexity index is 447. The molecule has 0 spiro atoms. The lowest BCUT2D eigenvalue weighted by Crippen LogP contribution is -2.47. The summed E-state index contributed by atoms with van der Waals surface area (Å²) < 4.78 is 9.40. The Hall–Kier alpha value is -1.55. The van der Waals surface area contributed by atoms with Gasteiger partial charge < -0.3 is 29.5 Å². The number of likely N-dealkylation sites (tertiary alicyclic amines) is 2. The van der Waals surface area contributed by atoms with Gasteiger partial charge >= 0.3 is 0 Å². The smallest absolute Gasteiger partial charge is 0.248 e. The standard InChI is InChI=1S/C8H15NO4.C8H13NO3/c1-13-6-7(10)9-4-2-8(11,12)3-5-9;1-12-6-8(11)9-4-2-7(10)3-5-9/h11-12H,2-6H2,1H3;2-6H2,1H3. The van der Waals surface area contributed by atoms with Crippen LogP contribution in [0, 0.1) is 0 Å². The molecule has 25 heavy (non-hydrogen) atoms. The highest BCUT2D eigenvalue weighted by atomic mass is 16.5. The number of hydrogen-bond donors (Lipinski definition) is 2. The molecule has 144 valence electrons. The van der Waals surface area contributed by atoms with E-state index in [-0.39, 0.29) is 43.7 Å². The Labute approximate surface area is 147 Å². The number of ketones is 1. The van der Waals surface area contributed by atoms with E-state index in [4.69, 9.17) is 9.47 Å². The predicted octanol–water partition coefficient (Wildman–Crippen LogP) is -1.24. The van der Waals surface area contributed by atoms with Crippen molar-refractivity contribution in [2.75, 3.05) is 53.6 Å². The van der Waals surface area contributed by atoms with Crippen molar-refractivity contribution in [3.63, 3.8) is 0 Å². The Kier molecular flexibility index (Phi) is 8.98. The highest BCUT2D eigenvalue weighted by Crippen LogP contribution is 2.18. The lowest BCUT2D eigenvalue weighted by atomic mass is 10.0. The van der Waals surface area contributed by atoms with Crippen LogP contribution < -0.4 is 0 Å². The first kappa shape index (κ1) is 21.5. The molecule has 2 N–H and O–H groups in total. The van der Waals surface area contributed by atoms with Crippen LogP contribution >= 0.6 is 0 Å². The molecule has 2 amide bonds. The van der Waals surface area contributed by atoms with Crippen molar-refractivity contribution in [1.29, 1.82) is 0 Å². The van der Waals surface area contributed by atoms with Gasteiger partial charge in [-0.25, -0.2) is 0 Å². The van der Waals surface area contributed by atoms with Gasteiger partial charge in [0, 0.05) is 66.1 Å². The van der Waals surface area contributed by atoms with Crippen LogP contribution in [0.15, 0.2) is 0 Å². The number of Topliss-reactive ketones (excluding diaryl/α,β-unsaturated/α-hetero) is 1. The van der Waals surface area contributed by atoms with Crippen molar-refractivity contribution in [3.05, 3.63) is 0 Å². The molecule has 2 fully saturated rings. The monoisotopic (exact) mass is 360 g/mol. The molecule has 2 aliphatic heterocycles. The average molecular weight is 360 g/mol. The van der Waals surface area contributed by atoms with E-state index in [2.05, 4.69) is 0 Å². The van der Waals surface area contributed by atoms with Gasteiger partial charge in [-0.15, -0.1) is 0 Å². The first-order chi connectivity index (χ1) is 11.8. The van der Waals surface area contributed by atoms with Gasteiger partial charge in [0.05, 0.1) is 0 Å². The fourth-order valence-electron chi connectivity index (χ4n) is 2.55. The Morgan fingerprint density at radius 1 is 0.920 bits per heavy atom. The van der Waals surface area contributed by atoms with Crippen LogP contribution in [0.2, 0.25) is 0 Å². The lowest BCUT2D eigenvalue weighted by molar-refractivity contribution is -0.191. The third kappa shape index (κ3) is 7.91. The van der Waals surface area contributed by atoms with E-state index in [1.807, 2.05) is 0 Å². The second-order valence-electron chi connectivity index (χ2n) is 6.15. The molecular weight excluding hydrogens is 332 g/mol. The normalized spacial score (nSPS) is 19.9. The van der Waals surface area contributed by atoms with Crippen LogP contribution in [0.3, 0.4) is 0 Å². The fraction of sp³-hybridized carbons (Fsp3) is 0.812. The summed E-state index contributed by atoms with van der Waals surface area (Å²) >= 11 is 0. The van der Waals surface area contributed by atoms with E-state index in [0.29, 0.717) is 39.0 Å². The summed E-state index contributed by atoms with van der Waals surface area (Å²) in [6.45, 7) is 2.06. The Morgan fingerprint density at radius 3 is 1.72 bits per heavy atom. The Balaban J connectivity index is 0.000000251. The molecule has 0 radical (unpaired) electrons. The summed E-state index contributed by atoms with van der Waals surface area (Å²) in [7, 11) is 2.96. The molecule has 2 rings (SSSR count). The van der Waals surface area contributed by atoms with Crippen molar-refractivity contribution >= 4 is 17.6 Å². The first-order valence-corrected chi connectivity index (χ1v) is 8.29. The molecule has 0 aromatic heterocycles. The number of methoxy groups -OCH3 is 2. The molecule has 2 heterocycles. The van der Waals surface area contributed by atoms with Crippen molar-refractivity contribution in [2.24, 2.45) is 0 Å². The van der Waals surface area contributed by atoms with Gasteiger partial charge in [-0.05, 0) is 0 Å². The van der Waals surface area contributed by atoms with Gasteiger partial charge in [-0.2, -0.15) is 0 Å². The van der Waals surface area contributed by atoms with E-state index in [1.54, 1.807) is 9.80 Å². The predicted molar refractivity (Wildman–Crippen MR) is 87.6 cm³/mol. The number of piperidine rings is 2. The summed E-state index contributed by atoms with van der Waals surface area (Å²) in [5.41, 5.74) is 0. The molecule has 0 aromatic rings. The second kappa shape index (κ2) is 10.4. The van der Waals surface area contributed by atoms with Gasteiger partial charge in [0.2, 0.25) is 11.8 Å². The number of carbonyl (C=O) groups is 3. The summed E-state index contributed by atoms with van der Waals surface area (Å²) in [5, 5.41) is 18.4. The third-order valence-electron chi connectivity index (χ3n) is 4.13. The zero-order valence-electron chi connectivity index (χ0n) is 14.9.